The molecule has 150 valence electrons. The predicted octanol–water partition coefficient (Wildman–Crippen LogP) is 3.94. The summed E-state index contributed by atoms with van der Waals surface area (Å²) in [6.45, 7) is 2.67. The van der Waals surface area contributed by atoms with Gasteiger partial charge in [-0.15, -0.1) is 0 Å². The van der Waals surface area contributed by atoms with Gasteiger partial charge in [-0.3, -0.25) is 4.79 Å². The molecule has 0 N–H and O–H groups in total. The van der Waals surface area contributed by atoms with E-state index in [1.54, 1.807) is 0 Å². The Morgan fingerprint density at radius 1 is 1.03 bits per heavy atom. The van der Waals surface area contributed by atoms with Gasteiger partial charge in [0, 0.05) is 25.4 Å². The highest BCUT2D eigenvalue weighted by atomic mass is 16.6. The highest BCUT2D eigenvalue weighted by Crippen LogP contribution is 2.32. The van der Waals surface area contributed by atoms with Crippen molar-refractivity contribution in [3.63, 3.8) is 0 Å². The number of likely N-dealkylation sites (tertiary alicyclic amines) is 1. The number of amides is 1. The van der Waals surface area contributed by atoms with Gasteiger partial charge in [0.1, 0.15) is 18.7 Å². The van der Waals surface area contributed by atoms with Crippen molar-refractivity contribution in [3.8, 4) is 11.5 Å². The molecule has 0 unspecified atom stereocenters. The fourth-order valence-electron chi connectivity index (χ4n) is 4.09. The van der Waals surface area contributed by atoms with Crippen LogP contribution in [0.2, 0.25) is 0 Å². The second kappa shape index (κ2) is 7.78. The van der Waals surface area contributed by atoms with E-state index in [4.69, 9.17) is 13.9 Å². The molecule has 5 rings (SSSR count). The topological polar surface area (TPSA) is 64.8 Å². The molecule has 6 heteroatoms. The molecule has 2 aliphatic heterocycles. The second-order valence-electron chi connectivity index (χ2n) is 7.65. The SMILES string of the molecule is O=C(CCc1ccc2c(c1)OCCO2)N1CCC(c2nc3ccccc3o2)CC1. The number of piperidine rings is 1. The number of oxazole rings is 1. The first-order valence-corrected chi connectivity index (χ1v) is 10.3. The van der Waals surface area contributed by atoms with Crippen LogP contribution in [0.1, 0.15) is 36.6 Å². The smallest absolute Gasteiger partial charge is 0.222 e. The monoisotopic (exact) mass is 392 g/mol. The van der Waals surface area contributed by atoms with E-state index in [0.29, 0.717) is 26.1 Å². The Kier molecular flexibility index (Phi) is 4.84. The summed E-state index contributed by atoms with van der Waals surface area (Å²) in [4.78, 5) is 19.3. The first kappa shape index (κ1) is 18.0. The number of hydrogen-bond acceptors (Lipinski definition) is 5. The lowest BCUT2D eigenvalue weighted by Gasteiger charge is -2.30. The molecular weight excluding hydrogens is 368 g/mol. The van der Waals surface area contributed by atoms with Gasteiger partial charge >= 0.3 is 0 Å². The molecule has 6 nitrogen and oxygen atoms in total. The second-order valence-corrected chi connectivity index (χ2v) is 7.65. The van der Waals surface area contributed by atoms with Crippen molar-refractivity contribution in [2.45, 2.75) is 31.6 Å². The summed E-state index contributed by atoms with van der Waals surface area (Å²) in [5.74, 6) is 2.85. The third-order valence-electron chi connectivity index (χ3n) is 5.74. The lowest BCUT2D eigenvalue weighted by atomic mass is 9.96. The summed E-state index contributed by atoms with van der Waals surface area (Å²) in [5, 5.41) is 0. The van der Waals surface area contributed by atoms with Gasteiger partial charge in [-0.2, -0.15) is 0 Å². The van der Waals surface area contributed by atoms with E-state index in [1.165, 1.54) is 0 Å². The van der Waals surface area contributed by atoms with Crippen molar-refractivity contribution in [1.29, 1.82) is 0 Å². The Morgan fingerprint density at radius 2 is 1.83 bits per heavy atom. The number of aryl methyl sites for hydroxylation is 1. The summed E-state index contributed by atoms with van der Waals surface area (Å²) in [6, 6.07) is 13.8. The Labute approximate surface area is 169 Å². The Balaban J connectivity index is 1.15. The molecule has 2 aromatic carbocycles. The van der Waals surface area contributed by atoms with Crippen LogP contribution in [0, 0.1) is 0 Å². The molecule has 2 aliphatic rings. The van der Waals surface area contributed by atoms with Crippen molar-refractivity contribution in [2.24, 2.45) is 0 Å². The number of rotatable bonds is 4. The lowest BCUT2D eigenvalue weighted by molar-refractivity contribution is -0.132. The molecule has 1 fully saturated rings. The number of carbonyl (C=O) groups excluding carboxylic acids is 1. The van der Waals surface area contributed by atoms with Crippen LogP contribution < -0.4 is 9.47 Å². The number of aromatic nitrogens is 1. The van der Waals surface area contributed by atoms with Gasteiger partial charge in [0.15, 0.2) is 23.0 Å². The normalized spacial score (nSPS) is 16.9. The minimum absolute atomic E-state index is 0.205. The van der Waals surface area contributed by atoms with Gasteiger partial charge in [0.2, 0.25) is 5.91 Å². The van der Waals surface area contributed by atoms with Gasteiger partial charge in [0.25, 0.3) is 0 Å². The number of nitrogens with zero attached hydrogens (tertiary/aromatic N) is 2. The number of para-hydroxylation sites is 2. The summed E-state index contributed by atoms with van der Waals surface area (Å²) in [7, 11) is 0. The highest BCUT2D eigenvalue weighted by Gasteiger charge is 2.27. The van der Waals surface area contributed by atoms with Crippen LogP contribution in [0.5, 0.6) is 11.5 Å². The number of ether oxygens (including phenoxy) is 2. The summed E-state index contributed by atoms with van der Waals surface area (Å²) in [5.41, 5.74) is 2.84. The molecule has 0 bridgehead atoms. The van der Waals surface area contributed by atoms with Crippen molar-refractivity contribution in [3.05, 3.63) is 53.9 Å². The standard InChI is InChI=1S/C23H24N2O4/c26-22(8-6-16-5-7-20-21(15-16)28-14-13-27-20)25-11-9-17(10-12-25)23-24-18-3-1-2-4-19(18)29-23/h1-5,7,15,17H,6,8-14H2. The average molecular weight is 392 g/mol. The Morgan fingerprint density at radius 3 is 2.66 bits per heavy atom. The number of hydrogen-bond donors (Lipinski definition) is 0. The maximum absolute atomic E-state index is 12.7. The molecule has 3 aromatic rings. The van der Waals surface area contributed by atoms with Gasteiger partial charge in [0.05, 0.1) is 0 Å². The highest BCUT2D eigenvalue weighted by molar-refractivity contribution is 5.76. The van der Waals surface area contributed by atoms with E-state index < -0.39 is 0 Å². The van der Waals surface area contributed by atoms with Gasteiger partial charge in [-0.1, -0.05) is 18.2 Å². The minimum Gasteiger partial charge on any atom is -0.486 e. The number of fused-ring (bicyclic) bond motifs is 2. The van der Waals surface area contributed by atoms with E-state index in [-0.39, 0.29) is 11.8 Å². The molecule has 1 aromatic heterocycles. The molecule has 0 aliphatic carbocycles. The molecule has 0 spiro atoms. The Hall–Kier alpha value is -3.02. The number of benzene rings is 2. The van der Waals surface area contributed by atoms with E-state index >= 15 is 0 Å². The summed E-state index contributed by atoms with van der Waals surface area (Å²) >= 11 is 0. The van der Waals surface area contributed by atoms with Crippen molar-refractivity contribution < 1.29 is 18.7 Å². The third-order valence-corrected chi connectivity index (χ3v) is 5.74. The van der Waals surface area contributed by atoms with Crippen LogP contribution in [-0.4, -0.2) is 42.1 Å². The van der Waals surface area contributed by atoms with E-state index in [0.717, 1.165) is 60.0 Å². The quantitative estimate of drug-likeness (QED) is 0.673. The number of carbonyl (C=O) groups is 1. The van der Waals surface area contributed by atoms with Crippen LogP contribution in [0.4, 0.5) is 0 Å². The van der Waals surface area contributed by atoms with Gasteiger partial charge < -0.3 is 18.8 Å². The van der Waals surface area contributed by atoms with Crippen LogP contribution in [0.25, 0.3) is 11.1 Å². The zero-order valence-electron chi connectivity index (χ0n) is 16.3. The maximum atomic E-state index is 12.7. The van der Waals surface area contributed by atoms with E-state index in [2.05, 4.69) is 4.98 Å². The molecule has 1 amide bonds. The molecule has 0 atom stereocenters. The lowest BCUT2D eigenvalue weighted by Crippen LogP contribution is -2.38. The van der Waals surface area contributed by atoms with Gasteiger partial charge in [-0.25, -0.2) is 4.98 Å². The predicted molar refractivity (Wildman–Crippen MR) is 108 cm³/mol. The minimum atomic E-state index is 0.205. The van der Waals surface area contributed by atoms with E-state index in [1.807, 2.05) is 47.4 Å². The fourth-order valence-corrected chi connectivity index (χ4v) is 4.09. The Bertz CT molecular complexity index is 988. The first-order chi connectivity index (χ1) is 14.3. The summed E-state index contributed by atoms with van der Waals surface area (Å²) < 4.78 is 17.1. The average Bonchev–Trinajstić information content (AvgIpc) is 3.22. The van der Waals surface area contributed by atoms with Crippen LogP contribution in [0.3, 0.4) is 0 Å². The first-order valence-electron chi connectivity index (χ1n) is 10.3. The zero-order valence-corrected chi connectivity index (χ0v) is 16.3. The van der Waals surface area contributed by atoms with Crippen molar-refractivity contribution in [1.82, 2.24) is 9.88 Å². The summed E-state index contributed by atoms with van der Waals surface area (Å²) in [6.07, 6.45) is 3.00. The molecule has 1 saturated heterocycles. The molecular formula is C23H24N2O4. The molecule has 29 heavy (non-hydrogen) atoms. The van der Waals surface area contributed by atoms with Crippen LogP contribution in [0.15, 0.2) is 46.9 Å². The molecule has 0 saturated carbocycles. The fraction of sp³-hybridized carbons (Fsp3) is 0.391. The van der Waals surface area contributed by atoms with Crippen LogP contribution in [-0.2, 0) is 11.2 Å². The largest absolute Gasteiger partial charge is 0.486 e. The van der Waals surface area contributed by atoms with E-state index in [9.17, 15) is 4.79 Å². The molecule has 0 radical (unpaired) electrons. The molecule has 3 heterocycles. The van der Waals surface area contributed by atoms with Crippen molar-refractivity contribution >= 4 is 17.0 Å². The maximum Gasteiger partial charge on any atom is 0.222 e. The zero-order chi connectivity index (χ0) is 19.6. The van der Waals surface area contributed by atoms with Gasteiger partial charge in [-0.05, 0) is 49.1 Å². The van der Waals surface area contributed by atoms with Crippen molar-refractivity contribution in [2.75, 3.05) is 26.3 Å². The third kappa shape index (κ3) is 3.79. The van der Waals surface area contributed by atoms with Crippen LogP contribution >= 0.6 is 0 Å².